The molecular weight excluding hydrogens is 412 g/mol. The first-order valence-electron chi connectivity index (χ1n) is 12.2. The summed E-state index contributed by atoms with van der Waals surface area (Å²) < 4.78 is 5.78. The summed E-state index contributed by atoms with van der Waals surface area (Å²) in [5, 5.41) is 2.93. The quantitative estimate of drug-likeness (QED) is 0.430. The fourth-order valence-corrected chi connectivity index (χ4v) is 3.03. The number of primary amides is 1. The van der Waals surface area contributed by atoms with Crippen molar-refractivity contribution in [3.05, 3.63) is 65.7 Å². The summed E-state index contributed by atoms with van der Waals surface area (Å²) in [5.74, 6) is 1.38. The van der Waals surface area contributed by atoms with Gasteiger partial charge in [0, 0.05) is 13.0 Å². The van der Waals surface area contributed by atoms with E-state index in [0.29, 0.717) is 25.3 Å². The van der Waals surface area contributed by atoms with Crippen LogP contribution in [0.2, 0.25) is 0 Å². The third-order valence-corrected chi connectivity index (χ3v) is 4.67. The first kappa shape index (κ1) is 30.2. The Kier molecular flexibility index (Phi) is 18.1. The van der Waals surface area contributed by atoms with Crippen LogP contribution in [-0.4, -0.2) is 25.0 Å². The number of nitrogens with two attached hydrogens (primary N) is 1. The smallest absolute Gasteiger partial charge is 0.221 e. The van der Waals surface area contributed by atoms with E-state index in [1.165, 1.54) is 18.4 Å². The van der Waals surface area contributed by atoms with Crippen LogP contribution in [-0.2, 0) is 22.4 Å². The van der Waals surface area contributed by atoms with Crippen molar-refractivity contribution in [1.29, 1.82) is 0 Å². The summed E-state index contributed by atoms with van der Waals surface area (Å²) in [6.45, 7) is 11.9. The van der Waals surface area contributed by atoms with Gasteiger partial charge in [0.1, 0.15) is 5.75 Å². The van der Waals surface area contributed by atoms with E-state index in [1.54, 1.807) is 0 Å². The van der Waals surface area contributed by atoms with Crippen molar-refractivity contribution in [2.75, 3.05) is 13.2 Å². The molecule has 184 valence electrons. The molecule has 1 unspecified atom stereocenters. The molecule has 0 bridgehead atoms. The van der Waals surface area contributed by atoms with Crippen molar-refractivity contribution in [3.63, 3.8) is 0 Å². The highest BCUT2D eigenvalue weighted by Gasteiger charge is 2.03. The molecule has 0 spiro atoms. The Bertz CT molecular complexity index is 745. The first-order chi connectivity index (χ1) is 15.9. The van der Waals surface area contributed by atoms with Crippen molar-refractivity contribution < 1.29 is 14.3 Å². The summed E-state index contributed by atoms with van der Waals surface area (Å²) in [6.07, 6.45) is 5.11. The predicted octanol–water partition coefficient (Wildman–Crippen LogP) is 5.70. The van der Waals surface area contributed by atoms with E-state index in [2.05, 4.69) is 31.3 Å². The zero-order valence-corrected chi connectivity index (χ0v) is 21.2. The molecule has 0 aliphatic rings. The highest BCUT2D eigenvalue weighted by atomic mass is 16.5. The van der Waals surface area contributed by atoms with Crippen LogP contribution in [0.3, 0.4) is 0 Å². The fraction of sp³-hybridized carbons (Fsp3) is 0.500. The molecule has 1 atom stereocenters. The van der Waals surface area contributed by atoms with Crippen LogP contribution in [0.4, 0.5) is 0 Å². The monoisotopic (exact) mass is 456 g/mol. The summed E-state index contributed by atoms with van der Waals surface area (Å²) in [6, 6.07) is 17.6. The van der Waals surface area contributed by atoms with Gasteiger partial charge < -0.3 is 15.8 Å². The predicted molar refractivity (Wildman–Crippen MR) is 138 cm³/mol. The maximum Gasteiger partial charge on any atom is 0.221 e. The SMILES string of the molecule is CC.CCCC(=O)NCCc1ccc(OCC(C)CCC)cc1.NC(=O)Cc1ccccc1. The van der Waals surface area contributed by atoms with E-state index in [1.807, 2.05) is 63.2 Å². The van der Waals surface area contributed by atoms with Gasteiger partial charge >= 0.3 is 0 Å². The molecule has 0 aliphatic carbocycles. The minimum absolute atomic E-state index is 0.141. The molecule has 0 fully saturated rings. The lowest BCUT2D eigenvalue weighted by atomic mass is 10.1. The molecule has 5 heteroatoms. The van der Waals surface area contributed by atoms with E-state index in [-0.39, 0.29) is 11.8 Å². The number of carbonyl (C=O) groups is 2. The van der Waals surface area contributed by atoms with Crippen molar-refractivity contribution >= 4 is 11.8 Å². The number of rotatable bonds is 12. The van der Waals surface area contributed by atoms with Gasteiger partial charge in [0.05, 0.1) is 13.0 Å². The highest BCUT2D eigenvalue weighted by Crippen LogP contribution is 2.15. The van der Waals surface area contributed by atoms with Crippen LogP contribution >= 0.6 is 0 Å². The van der Waals surface area contributed by atoms with Gasteiger partial charge in [-0.05, 0) is 48.4 Å². The fourth-order valence-electron chi connectivity index (χ4n) is 3.03. The molecule has 33 heavy (non-hydrogen) atoms. The molecule has 5 nitrogen and oxygen atoms in total. The Balaban J connectivity index is 0.000000709. The topological polar surface area (TPSA) is 81.4 Å². The summed E-state index contributed by atoms with van der Waals surface area (Å²) in [4.78, 5) is 21.7. The highest BCUT2D eigenvalue weighted by molar-refractivity contribution is 5.76. The third-order valence-electron chi connectivity index (χ3n) is 4.67. The summed E-state index contributed by atoms with van der Waals surface area (Å²) >= 11 is 0. The summed E-state index contributed by atoms with van der Waals surface area (Å²) in [5.41, 5.74) is 7.18. The largest absolute Gasteiger partial charge is 0.493 e. The van der Waals surface area contributed by atoms with Crippen LogP contribution in [0.5, 0.6) is 5.75 Å². The van der Waals surface area contributed by atoms with Gasteiger partial charge in [-0.3, -0.25) is 9.59 Å². The lowest BCUT2D eigenvalue weighted by molar-refractivity contribution is -0.121. The number of nitrogens with one attached hydrogen (secondary N) is 1. The molecule has 0 aliphatic heterocycles. The normalized spacial score (nSPS) is 10.6. The number of benzene rings is 2. The molecule has 0 radical (unpaired) electrons. The van der Waals surface area contributed by atoms with Crippen LogP contribution < -0.4 is 15.8 Å². The Morgan fingerprint density at radius 3 is 2.12 bits per heavy atom. The average Bonchev–Trinajstić information content (AvgIpc) is 2.81. The average molecular weight is 457 g/mol. The second kappa shape index (κ2) is 19.8. The third kappa shape index (κ3) is 16.5. The van der Waals surface area contributed by atoms with E-state index in [9.17, 15) is 9.59 Å². The number of hydrogen-bond donors (Lipinski definition) is 2. The van der Waals surface area contributed by atoms with Crippen LogP contribution in [0.1, 0.15) is 71.4 Å². The Labute approximate surface area is 201 Å². The van der Waals surface area contributed by atoms with E-state index < -0.39 is 0 Å². The maximum absolute atomic E-state index is 11.4. The number of amides is 2. The van der Waals surface area contributed by atoms with E-state index in [4.69, 9.17) is 10.5 Å². The number of ether oxygens (including phenoxy) is 1. The molecule has 0 saturated heterocycles. The molecule has 2 rings (SSSR count). The van der Waals surface area contributed by atoms with Crippen LogP contribution in [0, 0.1) is 5.92 Å². The molecule has 0 heterocycles. The number of carbonyl (C=O) groups excluding carboxylic acids is 2. The Morgan fingerprint density at radius 2 is 1.58 bits per heavy atom. The van der Waals surface area contributed by atoms with Crippen molar-refractivity contribution in [2.45, 2.75) is 73.1 Å². The molecule has 3 N–H and O–H groups in total. The minimum Gasteiger partial charge on any atom is -0.493 e. The minimum atomic E-state index is -0.286. The molecule has 0 saturated carbocycles. The van der Waals surface area contributed by atoms with Crippen LogP contribution in [0.25, 0.3) is 0 Å². The van der Waals surface area contributed by atoms with Gasteiger partial charge in [-0.15, -0.1) is 0 Å². The Hall–Kier alpha value is -2.82. The second-order valence-electron chi connectivity index (χ2n) is 7.83. The van der Waals surface area contributed by atoms with Gasteiger partial charge in [0.25, 0.3) is 0 Å². The van der Waals surface area contributed by atoms with Crippen molar-refractivity contribution in [3.8, 4) is 5.75 Å². The van der Waals surface area contributed by atoms with E-state index in [0.717, 1.165) is 30.8 Å². The Morgan fingerprint density at radius 1 is 0.939 bits per heavy atom. The number of hydrogen-bond acceptors (Lipinski definition) is 3. The molecule has 0 aromatic heterocycles. The van der Waals surface area contributed by atoms with Gasteiger partial charge in [-0.1, -0.05) is 83.5 Å². The summed E-state index contributed by atoms with van der Waals surface area (Å²) in [7, 11) is 0. The zero-order valence-electron chi connectivity index (χ0n) is 21.2. The molecular formula is C28H44N2O3. The van der Waals surface area contributed by atoms with E-state index >= 15 is 0 Å². The van der Waals surface area contributed by atoms with Crippen molar-refractivity contribution in [2.24, 2.45) is 11.7 Å². The molecule has 2 aromatic rings. The van der Waals surface area contributed by atoms with Crippen LogP contribution in [0.15, 0.2) is 54.6 Å². The standard InChI is InChI=1S/C18H29NO2.C8H9NO.C2H6/c1-4-6-15(3)14-21-17-10-8-16(9-11-17)12-13-19-18(20)7-5-2;9-8(10)6-7-4-2-1-3-5-7;1-2/h8-11,15H,4-7,12-14H2,1-3H3,(H,19,20);1-5H,6H2,(H2,9,10);1-2H3. The van der Waals surface area contributed by atoms with Gasteiger partial charge in [0.15, 0.2) is 0 Å². The molecule has 2 aromatic carbocycles. The zero-order chi connectivity index (χ0) is 24.9. The van der Waals surface area contributed by atoms with Gasteiger partial charge in [0.2, 0.25) is 11.8 Å². The van der Waals surface area contributed by atoms with Gasteiger partial charge in [-0.2, -0.15) is 0 Å². The second-order valence-corrected chi connectivity index (χ2v) is 7.83. The first-order valence-corrected chi connectivity index (χ1v) is 12.2. The van der Waals surface area contributed by atoms with Gasteiger partial charge in [-0.25, -0.2) is 0 Å². The molecule has 2 amide bonds. The van der Waals surface area contributed by atoms with Crippen molar-refractivity contribution in [1.82, 2.24) is 5.32 Å². The maximum atomic E-state index is 11.4. The lowest BCUT2D eigenvalue weighted by Gasteiger charge is -2.12. The lowest BCUT2D eigenvalue weighted by Crippen LogP contribution is -2.25.